The Balaban J connectivity index is 2.00. The molecular formula is C8H9ClN2O2. The fourth-order valence-electron chi connectivity index (χ4n) is 1.16. The molecule has 1 saturated heterocycles. The van der Waals surface area contributed by atoms with Gasteiger partial charge in [-0.05, 0) is 0 Å². The Morgan fingerprint density at radius 3 is 3.15 bits per heavy atom. The Morgan fingerprint density at radius 2 is 2.46 bits per heavy atom. The summed E-state index contributed by atoms with van der Waals surface area (Å²) in [5, 5.41) is 0.344. The molecule has 0 aliphatic carbocycles. The lowest BCUT2D eigenvalue weighted by atomic mass is 10.3. The van der Waals surface area contributed by atoms with Crippen LogP contribution in [-0.4, -0.2) is 29.3 Å². The predicted molar refractivity (Wildman–Crippen MR) is 46.9 cm³/mol. The monoisotopic (exact) mass is 200 g/mol. The third-order valence-electron chi connectivity index (χ3n) is 1.76. The van der Waals surface area contributed by atoms with E-state index in [2.05, 4.69) is 9.97 Å². The highest BCUT2D eigenvalue weighted by Gasteiger charge is 2.17. The van der Waals surface area contributed by atoms with E-state index in [-0.39, 0.29) is 6.10 Å². The van der Waals surface area contributed by atoms with Gasteiger partial charge in [0.2, 0.25) is 5.88 Å². The van der Waals surface area contributed by atoms with Crippen molar-refractivity contribution in [2.75, 3.05) is 13.2 Å². The SMILES string of the molecule is Clc1cncc(OC2CCOC2)n1. The van der Waals surface area contributed by atoms with Gasteiger partial charge in [0, 0.05) is 6.42 Å². The van der Waals surface area contributed by atoms with Gasteiger partial charge in [0.1, 0.15) is 6.10 Å². The van der Waals surface area contributed by atoms with E-state index in [1.54, 1.807) is 6.20 Å². The summed E-state index contributed by atoms with van der Waals surface area (Å²) in [6.45, 7) is 1.37. The molecule has 0 aromatic carbocycles. The van der Waals surface area contributed by atoms with Crippen molar-refractivity contribution < 1.29 is 9.47 Å². The number of hydrogen-bond acceptors (Lipinski definition) is 4. The summed E-state index contributed by atoms with van der Waals surface area (Å²) in [6, 6.07) is 0. The molecule has 0 spiro atoms. The van der Waals surface area contributed by atoms with E-state index < -0.39 is 0 Å². The Bertz CT molecular complexity index is 289. The summed E-state index contributed by atoms with van der Waals surface area (Å²) in [7, 11) is 0. The average Bonchev–Trinajstić information content (AvgIpc) is 2.57. The molecule has 0 radical (unpaired) electrons. The highest BCUT2D eigenvalue weighted by Crippen LogP contribution is 2.14. The minimum Gasteiger partial charge on any atom is -0.471 e. The van der Waals surface area contributed by atoms with E-state index in [4.69, 9.17) is 21.1 Å². The summed E-state index contributed by atoms with van der Waals surface area (Å²) in [5.74, 6) is 0.461. The van der Waals surface area contributed by atoms with Crippen LogP contribution in [0.15, 0.2) is 12.4 Å². The third-order valence-corrected chi connectivity index (χ3v) is 1.94. The Labute approximate surface area is 80.9 Å². The van der Waals surface area contributed by atoms with Crippen LogP contribution in [0.2, 0.25) is 5.15 Å². The number of nitrogens with zero attached hydrogens (tertiary/aromatic N) is 2. The van der Waals surface area contributed by atoms with Crippen molar-refractivity contribution in [3.05, 3.63) is 17.5 Å². The van der Waals surface area contributed by atoms with Crippen molar-refractivity contribution in [1.82, 2.24) is 9.97 Å². The van der Waals surface area contributed by atoms with E-state index in [9.17, 15) is 0 Å². The van der Waals surface area contributed by atoms with Crippen molar-refractivity contribution in [1.29, 1.82) is 0 Å². The van der Waals surface area contributed by atoms with Gasteiger partial charge in [-0.15, -0.1) is 0 Å². The van der Waals surface area contributed by atoms with E-state index in [1.807, 2.05) is 0 Å². The second kappa shape index (κ2) is 3.89. The molecule has 0 saturated carbocycles. The second-order valence-electron chi connectivity index (χ2n) is 2.78. The standard InChI is InChI=1S/C8H9ClN2O2/c9-7-3-10-4-8(11-7)13-6-1-2-12-5-6/h3-4,6H,1-2,5H2. The van der Waals surface area contributed by atoms with Gasteiger partial charge in [-0.1, -0.05) is 11.6 Å². The third kappa shape index (κ3) is 2.29. The van der Waals surface area contributed by atoms with Crippen LogP contribution in [0.1, 0.15) is 6.42 Å². The molecule has 0 bridgehead atoms. The van der Waals surface area contributed by atoms with E-state index in [1.165, 1.54) is 6.20 Å². The van der Waals surface area contributed by atoms with Gasteiger partial charge in [0.15, 0.2) is 5.15 Å². The van der Waals surface area contributed by atoms with Crippen molar-refractivity contribution in [3.8, 4) is 5.88 Å². The fraction of sp³-hybridized carbons (Fsp3) is 0.500. The molecule has 1 aliphatic rings. The quantitative estimate of drug-likeness (QED) is 0.722. The van der Waals surface area contributed by atoms with Crippen molar-refractivity contribution >= 4 is 11.6 Å². The molecule has 2 rings (SSSR count). The lowest BCUT2D eigenvalue weighted by molar-refractivity contribution is 0.137. The summed E-state index contributed by atoms with van der Waals surface area (Å²) in [4.78, 5) is 7.83. The average molecular weight is 201 g/mol. The second-order valence-corrected chi connectivity index (χ2v) is 3.17. The minimum absolute atomic E-state index is 0.0905. The molecule has 1 aliphatic heterocycles. The molecule has 0 N–H and O–H groups in total. The summed E-state index contributed by atoms with van der Waals surface area (Å²) in [5.41, 5.74) is 0. The van der Waals surface area contributed by atoms with Crippen LogP contribution >= 0.6 is 11.6 Å². The van der Waals surface area contributed by atoms with Gasteiger partial charge in [-0.2, -0.15) is 4.98 Å². The van der Waals surface area contributed by atoms with Crippen LogP contribution in [0.5, 0.6) is 5.88 Å². The van der Waals surface area contributed by atoms with Gasteiger partial charge in [0.25, 0.3) is 0 Å². The molecule has 1 unspecified atom stereocenters. The molecule has 13 heavy (non-hydrogen) atoms. The number of hydrogen-bond donors (Lipinski definition) is 0. The molecule has 0 amide bonds. The molecule has 1 atom stereocenters. The van der Waals surface area contributed by atoms with E-state index >= 15 is 0 Å². The zero-order chi connectivity index (χ0) is 9.10. The number of rotatable bonds is 2. The molecule has 2 heterocycles. The van der Waals surface area contributed by atoms with Gasteiger partial charge in [0.05, 0.1) is 25.6 Å². The highest BCUT2D eigenvalue weighted by atomic mass is 35.5. The maximum atomic E-state index is 5.65. The van der Waals surface area contributed by atoms with Gasteiger partial charge in [-0.3, -0.25) is 4.98 Å². The van der Waals surface area contributed by atoms with Gasteiger partial charge in [-0.25, -0.2) is 0 Å². The Hall–Kier alpha value is -0.870. The Morgan fingerprint density at radius 1 is 1.54 bits per heavy atom. The first-order chi connectivity index (χ1) is 6.34. The molecule has 70 valence electrons. The largest absolute Gasteiger partial charge is 0.471 e. The van der Waals surface area contributed by atoms with E-state index in [0.717, 1.165) is 13.0 Å². The topological polar surface area (TPSA) is 44.2 Å². The van der Waals surface area contributed by atoms with Crippen LogP contribution in [0.4, 0.5) is 0 Å². The number of aromatic nitrogens is 2. The zero-order valence-electron chi connectivity index (χ0n) is 6.94. The van der Waals surface area contributed by atoms with Crippen LogP contribution in [0.3, 0.4) is 0 Å². The van der Waals surface area contributed by atoms with Crippen molar-refractivity contribution in [2.24, 2.45) is 0 Å². The fourth-order valence-corrected chi connectivity index (χ4v) is 1.30. The van der Waals surface area contributed by atoms with Crippen LogP contribution < -0.4 is 4.74 Å². The maximum Gasteiger partial charge on any atom is 0.234 e. The minimum atomic E-state index is 0.0905. The molecular weight excluding hydrogens is 192 g/mol. The van der Waals surface area contributed by atoms with Crippen LogP contribution in [-0.2, 0) is 4.74 Å². The predicted octanol–water partition coefficient (Wildman–Crippen LogP) is 1.30. The normalized spacial score (nSPS) is 21.8. The number of halogens is 1. The molecule has 4 nitrogen and oxygen atoms in total. The smallest absolute Gasteiger partial charge is 0.234 e. The molecule has 1 fully saturated rings. The van der Waals surface area contributed by atoms with Crippen molar-refractivity contribution in [2.45, 2.75) is 12.5 Å². The molecule has 5 heteroatoms. The van der Waals surface area contributed by atoms with Crippen LogP contribution in [0.25, 0.3) is 0 Å². The first kappa shape index (κ1) is 8.72. The van der Waals surface area contributed by atoms with Gasteiger partial charge >= 0.3 is 0 Å². The van der Waals surface area contributed by atoms with Crippen LogP contribution in [0, 0.1) is 0 Å². The molecule has 1 aromatic rings. The highest BCUT2D eigenvalue weighted by molar-refractivity contribution is 6.29. The first-order valence-electron chi connectivity index (χ1n) is 4.06. The van der Waals surface area contributed by atoms with Gasteiger partial charge < -0.3 is 9.47 Å². The zero-order valence-corrected chi connectivity index (χ0v) is 7.70. The summed E-state index contributed by atoms with van der Waals surface area (Å²) in [6.07, 6.45) is 4.01. The number of ether oxygens (including phenoxy) is 2. The first-order valence-corrected chi connectivity index (χ1v) is 4.44. The Kier molecular flexibility index (Phi) is 2.61. The summed E-state index contributed by atoms with van der Waals surface area (Å²) >= 11 is 5.65. The van der Waals surface area contributed by atoms with E-state index in [0.29, 0.717) is 17.6 Å². The van der Waals surface area contributed by atoms with Crippen molar-refractivity contribution in [3.63, 3.8) is 0 Å². The summed E-state index contributed by atoms with van der Waals surface area (Å²) < 4.78 is 10.6. The lowest BCUT2D eigenvalue weighted by Gasteiger charge is -2.09. The lowest BCUT2D eigenvalue weighted by Crippen LogP contribution is -2.16. The molecule has 1 aromatic heterocycles. The maximum absolute atomic E-state index is 5.65.